The molecule has 0 amide bonds. The van der Waals surface area contributed by atoms with Crippen molar-refractivity contribution < 1.29 is 4.74 Å². The molecular formula is C14H29NO. The molecule has 0 bridgehead atoms. The first-order valence-electron chi connectivity index (χ1n) is 6.86. The maximum atomic E-state index is 5.67. The number of ether oxygens (including phenoxy) is 1. The summed E-state index contributed by atoms with van der Waals surface area (Å²) >= 11 is 0. The minimum atomic E-state index is 0.376. The molecule has 0 atom stereocenters. The van der Waals surface area contributed by atoms with Crippen molar-refractivity contribution in [2.45, 2.75) is 59.5 Å². The molecule has 0 heterocycles. The van der Waals surface area contributed by atoms with Gasteiger partial charge >= 0.3 is 0 Å². The van der Waals surface area contributed by atoms with E-state index in [1.807, 2.05) is 0 Å². The summed E-state index contributed by atoms with van der Waals surface area (Å²) in [6.07, 6.45) is 5.79. The predicted octanol–water partition coefficient (Wildman–Crippen LogP) is 3.22. The lowest BCUT2D eigenvalue weighted by atomic mass is 9.66. The molecule has 1 aliphatic carbocycles. The van der Waals surface area contributed by atoms with Gasteiger partial charge in [0.05, 0.1) is 6.10 Å². The number of hydrogen-bond donors (Lipinski definition) is 1. The molecule has 16 heavy (non-hydrogen) atoms. The predicted molar refractivity (Wildman–Crippen MR) is 69.7 cm³/mol. The monoisotopic (exact) mass is 227 g/mol. The van der Waals surface area contributed by atoms with Crippen molar-refractivity contribution in [2.24, 2.45) is 11.3 Å². The Labute approximate surface area is 101 Å². The lowest BCUT2D eigenvalue weighted by Crippen LogP contribution is -2.41. The van der Waals surface area contributed by atoms with Crippen molar-refractivity contribution >= 4 is 0 Å². The second-order valence-electron chi connectivity index (χ2n) is 6.05. The Morgan fingerprint density at radius 2 is 1.88 bits per heavy atom. The maximum Gasteiger partial charge on any atom is 0.0518 e. The van der Waals surface area contributed by atoms with Crippen molar-refractivity contribution in [1.82, 2.24) is 5.32 Å². The molecule has 1 aliphatic rings. The summed E-state index contributed by atoms with van der Waals surface area (Å²) in [5.41, 5.74) is 0.559. The van der Waals surface area contributed by atoms with E-state index < -0.39 is 0 Å². The Morgan fingerprint density at radius 3 is 2.31 bits per heavy atom. The standard InChI is InChI=1S/C14H29NO/c1-12(2)10-15-11-14(6-5-7-14)8-9-16-13(3)4/h12-13,15H,5-11H2,1-4H3. The third kappa shape index (κ3) is 4.84. The molecule has 96 valence electrons. The second-order valence-corrected chi connectivity index (χ2v) is 6.05. The van der Waals surface area contributed by atoms with Gasteiger partial charge in [0.25, 0.3) is 0 Å². The van der Waals surface area contributed by atoms with Gasteiger partial charge in [0.2, 0.25) is 0 Å². The van der Waals surface area contributed by atoms with Crippen LogP contribution in [0.3, 0.4) is 0 Å². The molecular weight excluding hydrogens is 198 g/mol. The Bertz CT molecular complexity index is 169. The van der Waals surface area contributed by atoms with Crippen LogP contribution in [0.1, 0.15) is 53.4 Å². The first-order chi connectivity index (χ1) is 7.54. The molecule has 0 unspecified atom stereocenters. The largest absolute Gasteiger partial charge is 0.379 e. The van der Waals surface area contributed by atoms with Gasteiger partial charge in [-0.2, -0.15) is 0 Å². The summed E-state index contributed by atoms with van der Waals surface area (Å²) in [6.45, 7) is 12.0. The van der Waals surface area contributed by atoms with Gasteiger partial charge in [-0.3, -0.25) is 0 Å². The van der Waals surface area contributed by atoms with Crippen molar-refractivity contribution in [3.63, 3.8) is 0 Å². The van der Waals surface area contributed by atoms with Crippen LogP contribution in [-0.4, -0.2) is 25.8 Å². The Balaban J connectivity index is 2.17. The first kappa shape index (κ1) is 14.0. The highest BCUT2D eigenvalue weighted by Gasteiger charge is 2.36. The van der Waals surface area contributed by atoms with Crippen LogP contribution in [0.25, 0.3) is 0 Å². The van der Waals surface area contributed by atoms with Crippen LogP contribution in [0.2, 0.25) is 0 Å². The summed E-state index contributed by atoms with van der Waals surface area (Å²) in [4.78, 5) is 0. The number of nitrogens with one attached hydrogen (secondary N) is 1. The van der Waals surface area contributed by atoms with Crippen LogP contribution in [0.4, 0.5) is 0 Å². The quantitative estimate of drug-likeness (QED) is 0.687. The fraction of sp³-hybridized carbons (Fsp3) is 1.00. The molecule has 0 saturated heterocycles. The summed E-state index contributed by atoms with van der Waals surface area (Å²) in [7, 11) is 0. The lowest BCUT2D eigenvalue weighted by molar-refractivity contribution is 0.0229. The highest BCUT2D eigenvalue weighted by molar-refractivity contribution is 4.89. The molecule has 0 spiro atoms. The zero-order valence-electron chi connectivity index (χ0n) is 11.5. The van der Waals surface area contributed by atoms with E-state index in [0.717, 1.165) is 19.1 Å². The second kappa shape index (κ2) is 6.61. The normalized spacial score (nSPS) is 19.1. The zero-order valence-corrected chi connectivity index (χ0v) is 11.5. The molecule has 1 N–H and O–H groups in total. The van der Waals surface area contributed by atoms with E-state index >= 15 is 0 Å². The third-order valence-corrected chi connectivity index (χ3v) is 3.55. The minimum absolute atomic E-state index is 0.376. The van der Waals surface area contributed by atoms with Crippen LogP contribution >= 0.6 is 0 Å². The Kier molecular flexibility index (Phi) is 5.77. The molecule has 0 aromatic heterocycles. The van der Waals surface area contributed by atoms with Gasteiger partial charge in [0.15, 0.2) is 0 Å². The van der Waals surface area contributed by atoms with Gasteiger partial charge in [-0.1, -0.05) is 20.3 Å². The van der Waals surface area contributed by atoms with Gasteiger partial charge < -0.3 is 10.1 Å². The smallest absolute Gasteiger partial charge is 0.0518 e. The number of rotatable bonds is 8. The summed E-state index contributed by atoms with van der Waals surface area (Å²) in [5, 5.41) is 3.61. The van der Waals surface area contributed by atoms with Gasteiger partial charge in [0.1, 0.15) is 0 Å². The first-order valence-corrected chi connectivity index (χ1v) is 6.86. The molecule has 2 nitrogen and oxygen atoms in total. The highest BCUT2D eigenvalue weighted by Crippen LogP contribution is 2.43. The average Bonchev–Trinajstić information content (AvgIpc) is 2.11. The molecule has 0 aromatic carbocycles. The Hall–Kier alpha value is -0.0800. The van der Waals surface area contributed by atoms with Gasteiger partial charge in [-0.15, -0.1) is 0 Å². The Morgan fingerprint density at radius 1 is 1.19 bits per heavy atom. The van der Waals surface area contributed by atoms with Crippen LogP contribution in [0, 0.1) is 11.3 Å². The van der Waals surface area contributed by atoms with Gasteiger partial charge in [0, 0.05) is 13.2 Å². The van der Waals surface area contributed by atoms with Crippen LogP contribution in [0.5, 0.6) is 0 Å². The molecule has 0 aromatic rings. The molecule has 2 heteroatoms. The summed E-state index contributed by atoms with van der Waals surface area (Å²) in [6, 6.07) is 0. The molecule has 1 fully saturated rings. The fourth-order valence-electron chi connectivity index (χ4n) is 2.33. The topological polar surface area (TPSA) is 21.3 Å². The van der Waals surface area contributed by atoms with Crippen LogP contribution < -0.4 is 5.32 Å². The van der Waals surface area contributed by atoms with Gasteiger partial charge in [-0.25, -0.2) is 0 Å². The zero-order chi connectivity index (χ0) is 12.0. The maximum absolute atomic E-state index is 5.67. The summed E-state index contributed by atoms with van der Waals surface area (Å²) < 4.78 is 5.67. The minimum Gasteiger partial charge on any atom is -0.379 e. The summed E-state index contributed by atoms with van der Waals surface area (Å²) in [5.74, 6) is 0.754. The van der Waals surface area contributed by atoms with Crippen molar-refractivity contribution in [1.29, 1.82) is 0 Å². The lowest BCUT2D eigenvalue weighted by Gasteiger charge is -2.42. The van der Waals surface area contributed by atoms with E-state index in [-0.39, 0.29) is 0 Å². The van der Waals surface area contributed by atoms with Crippen LogP contribution in [0.15, 0.2) is 0 Å². The van der Waals surface area contributed by atoms with E-state index in [2.05, 4.69) is 33.0 Å². The van der Waals surface area contributed by atoms with Crippen LogP contribution in [-0.2, 0) is 4.74 Å². The van der Waals surface area contributed by atoms with E-state index in [1.165, 1.54) is 32.2 Å². The molecule has 0 aliphatic heterocycles. The number of hydrogen-bond acceptors (Lipinski definition) is 2. The molecule has 1 rings (SSSR count). The molecule has 1 saturated carbocycles. The van der Waals surface area contributed by atoms with Crippen molar-refractivity contribution in [3.8, 4) is 0 Å². The third-order valence-electron chi connectivity index (χ3n) is 3.55. The van der Waals surface area contributed by atoms with Crippen molar-refractivity contribution in [3.05, 3.63) is 0 Å². The fourth-order valence-corrected chi connectivity index (χ4v) is 2.33. The average molecular weight is 227 g/mol. The van der Waals surface area contributed by atoms with Crippen molar-refractivity contribution in [2.75, 3.05) is 19.7 Å². The van der Waals surface area contributed by atoms with E-state index in [1.54, 1.807) is 0 Å². The van der Waals surface area contributed by atoms with E-state index in [9.17, 15) is 0 Å². The SMILES string of the molecule is CC(C)CNCC1(CCOC(C)C)CCC1. The highest BCUT2D eigenvalue weighted by atomic mass is 16.5. The van der Waals surface area contributed by atoms with E-state index in [0.29, 0.717) is 11.5 Å². The molecule has 0 radical (unpaired) electrons. The van der Waals surface area contributed by atoms with Gasteiger partial charge in [-0.05, 0) is 51.0 Å². The van der Waals surface area contributed by atoms with E-state index in [4.69, 9.17) is 4.74 Å².